The molecule has 1 heterocycles. The van der Waals surface area contributed by atoms with Gasteiger partial charge in [-0.05, 0) is 75.3 Å². The number of nitrogen functional groups attached to an aromatic ring is 1. The van der Waals surface area contributed by atoms with Crippen molar-refractivity contribution in [1.82, 2.24) is 4.90 Å². The van der Waals surface area contributed by atoms with Crippen molar-refractivity contribution in [3.63, 3.8) is 0 Å². The number of carbonyl (C=O) groups is 2. The van der Waals surface area contributed by atoms with Gasteiger partial charge < -0.3 is 15.4 Å². The van der Waals surface area contributed by atoms with Crippen LogP contribution in [0.3, 0.4) is 0 Å². The van der Waals surface area contributed by atoms with Crippen LogP contribution < -0.4 is 5.73 Å². The monoisotopic (exact) mass is 399 g/mol. The van der Waals surface area contributed by atoms with Gasteiger partial charge >= 0.3 is 5.97 Å². The van der Waals surface area contributed by atoms with Crippen LogP contribution in [0.5, 0.6) is 0 Å². The molecule has 29 heavy (non-hydrogen) atoms. The molecule has 6 heteroatoms. The standard InChI is InChI=1S/C23H33N3O3/c1-2-29-20(27)8-3-17-9-11-23(12-10-17)13-15-26(16-14-23)22(28)19-6-4-18(5-7-19)21(24)25/h4-7,17H,2-3,8-16H2,1H3,(H3,24,25). The predicted octanol–water partition coefficient (Wildman–Crippen LogP) is 3.73. The molecule has 0 aromatic heterocycles. The fraction of sp³-hybridized carbons (Fsp3) is 0.609. The number of likely N-dealkylation sites (tertiary alicyclic amines) is 1. The Kier molecular flexibility index (Phi) is 6.93. The molecule has 0 atom stereocenters. The molecule has 1 amide bonds. The molecule has 1 saturated carbocycles. The van der Waals surface area contributed by atoms with Crippen LogP contribution >= 0.6 is 0 Å². The van der Waals surface area contributed by atoms with Crippen LogP contribution in [0.4, 0.5) is 0 Å². The van der Waals surface area contributed by atoms with Gasteiger partial charge in [0.1, 0.15) is 5.84 Å². The minimum atomic E-state index is -0.0732. The van der Waals surface area contributed by atoms with Crippen molar-refractivity contribution in [1.29, 1.82) is 5.41 Å². The molecule has 0 unspecified atom stereocenters. The van der Waals surface area contributed by atoms with E-state index in [1.165, 1.54) is 25.7 Å². The first kappa shape index (κ1) is 21.3. The van der Waals surface area contributed by atoms with Crippen LogP contribution in [-0.2, 0) is 9.53 Å². The van der Waals surface area contributed by atoms with E-state index in [4.69, 9.17) is 15.9 Å². The van der Waals surface area contributed by atoms with E-state index < -0.39 is 0 Å². The minimum Gasteiger partial charge on any atom is -0.466 e. The van der Waals surface area contributed by atoms with Crippen molar-refractivity contribution in [3.8, 4) is 0 Å². The van der Waals surface area contributed by atoms with Crippen LogP contribution in [0, 0.1) is 16.7 Å². The van der Waals surface area contributed by atoms with Gasteiger partial charge in [0.05, 0.1) is 6.61 Å². The van der Waals surface area contributed by atoms with Crippen molar-refractivity contribution in [3.05, 3.63) is 35.4 Å². The number of ether oxygens (including phenoxy) is 1. The summed E-state index contributed by atoms with van der Waals surface area (Å²) in [6.07, 6.45) is 8.38. The lowest BCUT2D eigenvalue weighted by Gasteiger charge is -2.46. The van der Waals surface area contributed by atoms with Crippen LogP contribution in [0.25, 0.3) is 0 Å². The van der Waals surface area contributed by atoms with Crippen LogP contribution in [0.2, 0.25) is 0 Å². The molecule has 0 bridgehead atoms. The zero-order valence-electron chi connectivity index (χ0n) is 17.4. The van der Waals surface area contributed by atoms with Crippen molar-refractivity contribution in [2.24, 2.45) is 17.1 Å². The topological polar surface area (TPSA) is 96.5 Å². The molecule has 1 spiro atoms. The summed E-state index contributed by atoms with van der Waals surface area (Å²) in [5.41, 5.74) is 7.15. The zero-order valence-corrected chi connectivity index (χ0v) is 17.4. The number of esters is 1. The normalized spacial score (nSPS) is 19.1. The van der Waals surface area contributed by atoms with Crippen LogP contribution in [-0.4, -0.2) is 42.3 Å². The second kappa shape index (κ2) is 9.42. The summed E-state index contributed by atoms with van der Waals surface area (Å²) < 4.78 is 5.04. The van der Waals surface area contributed by atoms with Crippen molar-refractivity contribution >= 4 is 17.7 Å². The van der Waals surface area contributed by atoms with Crippen molar-refractivity contribution < 1.29 is 14.3 Å². The summed E-state index contributed by atoms with van der Waals surface area (Å²) in [6.45, 7) is 3.92. The number of amides is 1. The number of piperidine rings is 1. The number of hydrogen-bond donors (Lipinski definition) is 2. The molecule has 3 rings (SSSR count). The molecule has 6 nitrogen and oxygen atoms in total. The Hall–Kier alpha value is -2.37. The first-order valence-electron chi connectivity index (χ1n) is 10.8. The molecule has 3 N–H and O–H groups in total. The zero-order chi connectivity index (χ0) is 20.9. The highest BCUT2D eigenvalue weighted by atomic mass is 16.5. The maximum atomic E-state index is 12.8. The Morgan fingerprint density at radius 1 is 1.10 bits per heavy atom. The highest BCUT2D eigenvalue weighted by Crippen LogP contribution is 2.47. The number of hydrogen-bond acceptors (Lipinski definition) is 4. The van der Waals surface area contributed by atoms with Gasteiger partial charge in [0.25, 0.3) is 5.91 Å². The fourth-order valence-corrected chi connectivity index (χ4v) is 4.79. The van der Waals surface area contributed by atoms with Gasteiger partial charge in [0, 0.05) is 30.6 Å². The number of nitrogens with one attached hydrogen (secondary N) is 1. The Bertz CT molecular complexity index is 726. The van der Waals surface area contributed by atoms with Gasteiger partial charge in [-0.25, -0.2) is 0 Å². The summed E-state index contributed by atoms with van der Waals surface area (Å²) in [6, 6.07) is 6.99. The van der Waals surface area contributed by atoms with E-state index in [1.807, 2.05) is 11.8 Å². The third-order valence-corrected chi connectivity index (χ3v) is 6.78. The third-order valence-electron chi connectivity index (χ3n) is 6.78. The van der Waals surface area contributed by atoms with E-state index in [0.29, 0.717) is 35.5 Å². The van der Waals surface area contributed by atoms with Crippen LogP contribution in [0.15, 0.2) is 24.3 Å². The van der Waals surface area contributed by atoms with Crippen molar-refractivity contribution in [2.75, 3.05) is 19.7 Å². The lowest BCUT2D eigenvalue weighted by molar-refractivity contribution is -0.143. The Balaban J connectivity index is 1.46. The lowest BCUT2D eigenvalue weighted by Crippen LogP contribution is -2.44. The molecule has 1 aromatic carbocycles. The Labute approximate surface area is 173 Å². The maximum Gasteiger partial charge on any atom is 0.305 e. The van der Waals surface area contributed by atoms with E-state index in [1.54, 1.807) is 24.3 Å². The van der Waals surface area contributed by atoms with E-state index >= 15 is 0 Å². The number of nitrogens with two attached hydrogens (primary N) is 1. The Morgan fingerprint density at radius 3 is 2.24 bits per heavy atom. The van der Waals surface area contributed by atoms with Crippen molar-refractivity contribution in [2.45, 2.75) is 58.3 Å². The fourth-order valence-electron chi connectivity index (χ4n) is 4.79. The first-order valence-corrected chi connectivity index (χ1v) is 10.8. The van der Waals surface area contributed by atoms with E-state index in [2.05, 4.69) is 0 Å². The number of nitrogens with zero attached hydrogens (tertiary/aromatic N) is 1. The summed E-state index contributed by atoms with van der Waals surface area (Å²) >= 11 is 0. The van der Waals surface area contributed by atoms with E-state index in [9.17, 15) is 9.59 Å². The summed E-state index contributed by atoms with van der Waals surface area (Å²) in [4.78, 5) is 26.3. The number of benzene rings is 1. The third kappa shape index (κ3) is 5.37. The molecule has 1 aliphatic heterocycles. The summed E-state index contributed by atoms with van der Waals surface area (Å²) in [5, 5.41) is 7.46. The second-order valence-corrected chi connectivity index (χ2v) is 8.57. The average molecular weight is 400 g/mol. The number of amidine groups is 1. The molecule has 2 fully saturated rings. The minimum absolute atomic E-state index is 0.0155. The molecule has 1 aliphatic carbocycles. The molecular formula is C23H33N3O3. The highest BCUT2D eigenvalue weighted by Gasteiger charge is 2.39. The lowest BCUT2D eigenvalue weighted by atomic mass is 9.65. The van der Waals surface area contributed by atoms with Gasteiger partial charge in [-0.3, -0.25) is 15.0 Å². The van der Waals surface area contributed by atoms with Gasteiger partial charge in [-0.15, -0.1) is 0 Å². The first-order chi connectivity index (χ1) is 13.9. The summed E-state index contributed by atoms with van der Waals surface area (Å²) in [5.74, 6) is 0.639. The van der Waals surface area contributed by atoms with Crippen LogP contribution in [0.1, 0.15) is 74.2 Å². The number of carbonyl (C=O) groups excluding carboxylic acids is 2. The van der Waals surface area contributed by atoms with Gasteiger partial charge in [0.2, 0.25) is 0 Å². The predicted molar refractivity (Wildman–Crippen MR) is 113 cm³/mol. The Morgan fingerprint density at radius 2 is 1.69 bits per heavy atom. The van der Waals surface area contributed by atoms with E-state index in [0.717, 1.165) is 32.4 Å². The van der Waals surface area contributed by atoms with Gasteiger partial charge in [-0.1, -0.05) is 12.1 Å². The highest BCUT2D eigenvalue weighted by molar-refractivity contribution is 5.98. The summed E-state index contributed by atoms with van der Waals surface area (Å²) in [7, 11) is 0. The molecule has 1 aromatic rings. The number of rotatable bonds is 6. The molecule has 1 saturated heterocycles. The molecule has 2 aliphatic rings. The largest absolute Gasteiger partial charge is 0.466 e. The molecule has 158 valence electrons. The quantitative estimate of drug-likeness (QED) is 0.433. The average Bonchev–Trinajstić information content (AvgIpc) is 2.74. The molecule has 0 radical (unpaired) electrons. The van der Waals surface area contributed by atoms with E-state index in [-0.39, 0.29) is 17.7 Å². The second-order valence-electron chi connectivity index (χ2n) is 8.57. The SMILES string of the molecule is CCOC(=O)CCC1CCC2(CC1)CCN(C(=O)c1ccc(C(=N)N)cc1)CC2. The van der Waals surface area contributed by atoms with Gasteiger partial charge in [0.15, 0.2) is 0 Å². The maximum absolute atomic E-state index is 12.8. The van der Waals surface area contributed by atoms with Gasteiger partial charge in [-0.2, -0.15) is 0 Å². The molecular weight excluding hydrogens is 366 g/mol. The smallest absolute Gasteiger partial charge is 0.305 e.